The van der Waals surface area contributed by atoms with Crippen LogP contribution in [0.15, 0.2) is 42.5 Å². The maximum absolute atomic E-state index is 12.7. The van der Waals surface area contributed by atoms with E-state index in [-0.39, 0.29) is 17.7 Å². The van der Waals surface area contributed by atoms with Gasteiger partial charge >= 0.3 is 0 Å². The predicted octanol–water partition coefficient (Wildman–Crippen LogP) is 3.20. The average Bonchev–Trinajstić information content (AvgIpc) is 2.78. The number of carbonyl (C=O) groups excluding carboxylic acids is 2. The van der Waals surface area contributed by atoms with E-state index in [2.05, 4.69) is 5.32 Å². The van der Waals surface area contributed by atoms with Gasteiger partial charge in [0.2, 0.25) is 5.91 Å². The fraction of sp³-hybridized carbons (Fsp3) is 0.364. The Morgan fingerprint density at radius 1 is 0.897 bits per heavy atom. The van der Waals surface area contributed by atoms with Crippen LogP contribution < -0.4 is 19.5 Å². The summed E-state index contributed by atoms with van der Waals surface area (Å²) >= 11 is 0. The van der Waals surface area contributed by atoms with Crippen LogP contribution >= 0.6 is 0 Å². The molecule has 1 heterocycles. The first-order valence-electron chi connectivity index (χ1n) is 9.52. The highest BCUT2D eigenvalue weighted by Crippen LogP contribution is 2.30. The highest BCUT2D eigenvalue weighted by molar-refractivity contribution is 5.96. The lowest BCUT2D eigenvalue weighted by atomic mass is 9.95. The molecular weight excluding hydrogens is 372 g/mol. The third kappa shape index (κ3) is 4.80. The van der Waals surface area contributed by atoms with Gasteiger partial charge in [-0.05, 0) is 49.2 Å². The summed E-state index contributed by atoms with van der Waals surface area (Å²) in [5.41, 5.74) is 1.20. The van der Waals surface area contributed by atoms with Crippen molar-refractivity contribution in [3.8, 4) is 17.2 Å². The number of ether oxygens (including phenoxy) is 3. The standard InChI is InChI=1S/C22H26N2O5/c1-27-17-6-4-16(5-7-17)22(26)24-12-10-15(11-13-24)21(25)23-19-14-18(28-2)8-9-20(19)29-3/h4-9,14-15H,10-13H2,1-3H3,(H,23,25). The molecule has 1 aliphatic rings. The van der Waals surface area contributed by atoms with E-state index in [1.54, 1.807) is 68.7 Å². The van der Waals surface area contributed by atoms with Crippen LogP contribution in [0.1, 0.15) is 23.2 Å². The SMILES string of the molecule is COc1ccc(C(=O)N2CCC(C(=O)Nc3cc(OC)ccc3OC)CC2)cc1. The number of hydrogen-bond acceptors (Lipinski definition) is 5. The quantitative estimate of drug-likeness (QED) is 0.809. The minimum Gasteiger partial charge on any atom is -0.497 e. The van der Waals surface area contributed by atoms with E-state index >= 15 is 0 Å². The molecule has 3 rings (SSSR count). The third-order valence-corrected chi connectivity index (χ3v) is 5.15. The van der Waals surface area contributed by atoms with E-state index in [4.69, 9.17) is 14.2 Å². The molecule has 154 valence electrons. The van der Waals surface area contributed by atoms with Crippen molar-refractivity contribution in [1.29, 1.82) is 0 Å². The number of rotatable bonds is 6. The van der Waals surface area contributed by atoms with Gasteiger partial charge in [0.15, 0.2) is 0 Å². The fourth-order valence-electron chi connectivity index (χ4n) is 3.41. The third-order valence-electron chi connectivity index (χ3n) is 5.15. The molecule has 0 saturated carbocycles. The monoisotopic (exact) mass is 398 g/mol. The largest absolute Gasteiger partial charge is 0.497 e. The van der Waals surface area contributed by atoms with Crippen LogP contribution in [-0.2, 0) is 4.79 Å². The lowest BCUT2D eigenvalue weighted by molar-refractivity contribution is -0.121. The molecule has 0 unspecified atom stereocenters. The summed E-state index contributed by atoms with van der Waals surface area (Å²) < 4.78 is 15.7. The zero-order valence-electron chi connectivity index (χ0n) is 16.9. The van der Waals surface area contributed by atoms with E-state index in [1.807, 2.05) is 0 Å². The van der Waals surface area contributed by atoms with Gasteiger partial charge in [-0.25, -0.2) is 0 Å². The molecular formula is C22H26N2O5. The van der Waals surface area contributed by atoms with Crippen molar-refractivity contribution in [3.63, 3.8) is 0 Å². The summed E-state index contributed by atoms with van der Waals surface area (Å²) in [6.07, 6.45) is 1.22. The van der Waals surface area contributed by atoms with E-state index in [0.29, 0.717) is 54.4 Å². The normalized spacial score (nSPS) is 14.2. The Bertz CT molecular complexity index is 858. The van der Waals surface area contributed by atoms with E-state index < -0.39 is 0 Å². The summed E-state index contributed by atoms with van der Waals surface area (Å²) in [6.45, 7) is 1.08. The van der Waals surface area contributed by atoms with Crippen LogP contribution in [0.2, 0.25) is 0 Å². The molecule has 29 heavy (non-hydrogen) atoms. The molecule has 2 aromatic rings. The van der Waals surface area contributed by atoms with Gasteiger partial charge in [-0.3, -0.25) is 9.59 Å². The number of piperidine rings is 1. The van der Waals surface area contributed by atoms with Gasteiger partial charge in [0.1, 0.15) is 17.2 Å². The Morgan fingerprint density at radius 2 is 1.52 bits per heavy atom. The Hall–Kier alpha value is -3.22. The topological polar surface area (TPSA) is 77.1 Å². The number of amides is 2. The number of carbonyl (C=O) groups is 2. The Balaban J connectivity index is 1.58. The summed E-state index contributed by atoms with van der Waals surface area (Å²) in [5, 5.41) is 2.93. The van der Waals surface area contributed by atoms with Gasteiger partial charge in [-0.1, -0.05) is 0 Å². The van der Waals surface area contributed by atoms with E-state index in [0.717, 1.165) is 0 Å². The van der Waals surface area contributed by atoms with Gasteiger partial charge in [-0.2, -0.15) is 0 Å². The highest BCUT2D eigenvalue weighted by atomic mass is 16.5. The summed E-state index contributed by atoms with van der Waals surface area (Å²) in [7, 11) is 4.72. The van der Waals surface area contributed by atoms with E-state index in [9.17, 15) is 9.59 Å². The smallest absolute Gasteiger partial charge is 0.253 e. The van der Waals surface area contributed by atoms with Gasteiger partial charge in [0.05, 0.1) is 27.0 Å². The first-order valence-corrected chi connectivity index (χ1v) is 9.52. The fourth-order valence-corrected chi connectivity index (χ4v) is 3.41. The van der Waals surface area contributed by atoms with Crippen LogP contribution in [0.25, 0.3) is 0 Å². The van der Waals surface area contributed by atoms with Crippen LogP contribution in [0.5, 0.6) is 17.2 Å². The first-order chi connectivity index (χ1) is 14.0. The van der Waals surface area contributed by atoms with Crippen molar-refractivity contribution in [3.05, 3.63) is 48.0 Å². The summed E-state index contributed by atoms with van der Waals surface area (Å²) in [5.74, 6) is 1.66. The summed E-state index contributed by atoms with van der Waals surface area (Å²) in [4.78, 5) is 27.2. The Labute approximate surface area is 170 Å². The maximum Gasteiger partial charge on any atom is 0.253 e. The number of likely N-dealkylation sites (tertiary alicyclic amines) is 1. The Kier molecular flexibility index (Phi) is 6.59. The predicted molar refractivity (Wildman–Crippen MR) is 110 cm³/mol. The van der Waals surface area contributed by atoms with Crippen molar-refractivity contribution in [1.82, 2.24) is 4.90 Å². The molecule has 0 spiro atoms. The zero-order valence-corrected chi connectivity index (χ0v) is 16.9. The van der Waals surface area contributed by atoms with Crippen molar-refractivity contribution in [2.75, 3.05) is 39.7 Å². The van der Waals surface area contributed by atoms with Crippen molar-refractivity contribution >= 4 is 17.5 Å². The van der Waals surface area contributed by atoms with Gasteiger partial charge in [-0.15, -0.1) is 0 Å². The minimum absolute atomic E-state index is 0.0269. The molecule has 1 aliphatic heterocycles. The van der Waals surface area contributed by atoms with Gasteiger partial charge in [0, 0.05) is 30.6 Å². The van der Waals surface area contributed by atoms with Crippen LogP contribution in [-0.4, -0.2) is 51.1 Å². The molecule has 0 radical (unpaired) electrons. The number of anilines is 1. The maximum atomic E-state index is 12.7. The molecule has 0 bridgehead atoms. The second-order valence-corrected chi connectivity index (χ2v) is 6.85. The van der Waals surface area contributed by atoms with Crippen molar-refractivity contribution in [2.24, 2.45) is 5.92 Å². The lowest BCUT2D eigenvalue weighted by Crippen LogP contribution is -2.41. The molecule has 0 atom stereocenters. The molecule has 0 aliphatic carbocycles. The molecule has 1 N–H and O–H groups in total. The average molecular weight is 398 g/mol. The molecule has 2 amide bonds. The number of nitrogens with one attached hydrogen (secondary N) is 1. The first kappa shape index (κ1) is 20.5. The molecule has 1 saturated heterocycles. The lowest BCUT2D eigenvalue weighted by Gasteiger charge is -2.31. The second-order valence-electron chi connectivity index (χ2n) is 6.85. The molecule has 7 heteroatoms. The van der Waals surface area contributed by atoms with Crippen molar-refractivity contribution < 1.29 is 23.8 Å². The second kappa shape index (κ2) is 9.32. The van der Waals surface area contributed by atoms with E-state index in [1.165, 1.54) is 0 Å². The number of hydrogen-bond donors (Lipinski definition) is 1. The molecule has 0 aromatic heterocycles. The number of benzene rings is 2. The van der Waals surface area contributed by atoms with Crippen LogP contribution in [0.3, 0.4) is 0 Å². The summed E-state index contributed by atoms with van der Waals surface area (Å²) in [6, 6.07) is 12.3. The molecule has 1 fully saturated rings. The van der Waals surface area contributed by atoms with Crippen molar-refractivity contribution in [2.45, 2.75) is 12.8 Å². The minimum atomic E-state index is -0.161. The van der Waals surface area contributed by atoms with Gasteiger partial charge < -0.3 is 24.4 Å². The van der Waals surface area contributed by atoms with Gasteiger partial charge in [0.25, 0.3) is 5.91 Å². The Morgan fingerprint density at radius 3 is 2.10 bits per heavy atom. The van der Waals surface area contributed by atoms with Crippen LogP contribution in [0, 0.1) is 5.92 Å². The molecule has 7 nitrogen and oxygen atoms in total. The molecule has 2 aromatic carbocycles. The number of nitrogens with zero attached hydrogens (tertiary/aromatic N) is 1. The number of methoxy groups -OCH3 is 3. The van der Waals surface area contributed by atoms with Crippen LogP contribution in [0.4, 0.5) is 5.69 Å². The zero-order chi connectivity index (χ0) is 20.8. The highest BCUT2D eigenvalue weighted by Gasteiger charge is 2.28.